The van der Waals surface area contributed by atoms with Gasteiger partial charge in [-0.2, -0.15) is 0 Å². The molecule has 6 aromatic rings. The van der Waals surface area contributed by atoms with Crippen molar-refractivity contribution in [2.75, 3.05) is 0 Å². The van der Waals surface area contributed by atoms with Crippen LogP contribution in [0, 0.1) is 0 Å². The van der Waals surface area contributed by atoms with Gasteiger partial charge in [0.2, 0.25) is 0 Å². The molecule has 0 fully saturated rings. The van der Waals surface area contributed by atoms with E-state index >= 15 is 0 Å². The van der Waals surface area contributed by atoms with Crippen LogP contribution in [0.4, 0.5) is 0 Å². The molecule has 0 spiro atoms. The first-order valence-corrected chi connectivity index (χ1v) is 10.3. The zero-order valence-corrected chi connectivity index (χ0v) is 16.1. The monoisotopic (exact) mass is 380 g/mol. The van der Waals surface area contributed by atoms with Crippen molar-refractivity contribution in [1.82, 2.24) is 0 Å². The van der Waals surface area contributed by atoms with E-state index in [4.69, 9.17) is 0 Å². The number of carbonyl (C=O) groups excluding carboxylic acids is 1. The van der Waals surface area contributed by atoms with Crippen LogP contribution in [-0.4, -0.2) is 5.78 Å². The molecule has 0 saturated carbocycles. The molecular weight excluding hydrogens is 364 g/mol. The van der Waals surface area contributed by atoms with Gasteiger partial charge in [-0.1, -0.05) is 84.9 Å². The smallest absolute Gasteiger partial charge is 0.194 e. The number of ketones is 1. The second-order valence-corrected chi connectivity index (χ2v) is 8.07. The molecule has 1 heteroatoms. The predicted molar refractivity (Wildman–Crippen MR) is 125 cm³/mol. The molecule has 0 atom stereocenters. The van der Waals surface area contributed by atoms with Crippen molar-refractivity contribution < 1.29 is 4.79 Å². The van der Waals surface area contributed by atoms with Gasteiger partial charge < -0.3 is 0 Å². The van der Waals surface area contributed by atoms with E-state index in [1.54, 1.807) is 0 Å². The van der Waals surface area contributed by atoms with Crippen molar-refractivity contribution in [2.45, 2.75) is 0 Å². The lowest BCUT2D eigenvalue weighted by Crippen LogP contribution is -1.94. The van der Waals surface area contributed by atoms with E-state index in [0.29, 0.717) is 0 Å². The molecule has 0 aromatic heterocycles. The number of fused-ring (bicyclic) bond motifs is 11. The summed E-state index contributed by atoms with van der Waals surface area (Å²) in [5.41, 5.74) is 3.81. The third-order valence-electron chi connectivity index (χ3n) is 6.56. The highest BCUT2D eigenvalue weighted by Gasteiger charge is 2.31. The number of carbonyl (C=O) groups is 1. The summed E-state index contributed by atoms with van der Waals surface area (Å²) in [6.07, 6.45) is 0. The van der Waals surface area contributed by atoms with Gasteiger partial charge in [0, 0.05) is 22.3 Å². The number of hydrogen-bond acceptors (Lipinski definition) is 1. The topological polar surface area (TPSA) is 17.1 Å². The Labute approximate surface area is 173 Å². The molecule has 0 heterocycles. The normalized spacial score (nSPS) is 12.7. The maximum absolute atomic E-state index is 13.4. The van der Waals surface area contributed by atoms with Crippen molar-refractivity contribution in [3.63, 3.8) is 0 Å². The average Bonchev–Trinajstić information content (AvgIpc) is 3.10. The largest absolute Gasteiger partial charge is 0.289 e. The predicted octanol–water partition coefficient (Wildman–Crippen LogP) is 7.51. The molecule has 1 nitrogen and oxygen atoms in total. The van der Waals surface area contributed by atoms with Gasteiger partial charge in [-0.15, -0.1) is 0 Å². The Morgan fingerprint density at radius 2 is 0.800 bits per heavy atom. The van der Waals surface area contributed by atoms with Crippen LogP contribution in [0.5, 0.6) is 0 Å². The fraction of sp³-hybridized carbons (Fsp3) is 0. The summed E-state index contributed by atoms with van der Waals surface area (Å²) in [6, 6.07) is 33.8. The fourth-order valence-electron chi connectivity index (χ4n) is 5.24. The minimum atomic E-state index is 0.129. The molecular formula is C29H16O. The Hall–Kier alpha value is -3.97. The highest BCUT2D eigenvalue weighted by atomic mass is 16.1. The Morgan fingerprint density at radius 1 is 0.400 bits per heavy atom. The molecule has 138 valence electrons. The Balaban J connectivity index is 1.79. The molecule has 1 aliphatic carbocycles. The quantitative estimate of drug-likeness (QED) is 0.249. The lowest BCUT2D eigenvalue weighted by molar-refractivity contribution is 0.104. The summed E-state index contributed by atoms with van der Waals surface area (Å²) >= 11 is 0. The SMILES string of the molecule is O=C1c2ccc3ccc4ccccc4c3c2-c2c1ccc1ccc3ccccc3c21. The van der Waals surface area contributed by atoms with Gasteiger partial charge in [0.15, 0.2) is 5.78 Å². The van der Waals surface area contributed by atoms with Crippen LogP contribution < -0.4 is 0 Å². The van der Waals surface area contributed by atoms with Crippen LogP contribution in [0.2, 0.25) is 0 Å². The van der Waals surface area contributed by atoms with Gasteiger partial charge >= 0.3 is 0 Å². The second kappa shape index (κ2) is 5.55. The molecule has 0 N–H and O–H groups in total. The average molecular weight is 380 g/mol. The van der Waals surface area contributed by atoms with Crippen LogP contribution in [-0.2, 0) is 0 Å². The third-order valence-corrected chi connectivity index (χ3v) is 6.56. The zero-order chi connectivity index (χ0) is 19.8. The van der Waals surface area contributed by atoms with Crippen LogP contribution in [0.15, 0.2) is 97.1 Å². The molecule has 0 radical (unpaired) electrons. The minimum Gasteiger partial charge on any atom is -0.289 e. The summed E-state index contributed by atoms with van der Waals surface area (Å²) in [4.78, 5) is 13.4. The first-order valence-electron chi connectivity index (χ1n) is 10.3. The van der Waals surface area contributed by atoms with Crippen molar-refractivity contribution in [2.24, 2.45) is 0 Å². The third kappa shape index (κ3) is 1.89. The molecule has 7 rings (SSSR count). The van der Waals surface area contributed by atoms with E-state index < -0.39 is 0 Å². The van der Waals surface area contributed by atoms with E-state index in [0.717, 1.165) is 22.3 Å². The summed E-state index contributed by atoms with van der Waals surface area (Å²) in [6.45, 7) is 0. The molecule has 0 unspecified atom stereocenters. The second-order valence-electron chi connectivity index (χ2n) is 8.07. The summed E-state index contributed by atoms with van der Waals surface area (Å²) in [5.74, 6) is 0.129. The van der Waals surface area contributed by atoms with Gasteiger partial charge in [-0.25, -0.2) is 0 Å². The number of rotatable bonds is 0. The Bertz CT molecular complexity index is 1580. The zero-order valence-electron chi connectivity index (χ0n) is 16.1. The molecule has 30 heavy (non-hydrogen) atoms. The minimum absolute atomic E-state index is 0.129. The van der Waals surface area contributed by atoms with Crippen LogP contribution in [0.1, 0.15) is 15.9 Å². The summed E-state index contributed by atoms with van der Waals surface area (Å²) in [5, 5.41) is 9.50. The summed E-state index contributed by atoms with van der Waals surface area (Å²) < 4.78 is 0. The molecule has 0 amide bonds. The first kappa shape index (κ1) is 15.9. The molecule has 0 saturated heterocycles. The van der Waals surface area contributed by atoms with Crippen molar-refractivity contribution >= 4 is 48.9 Å². The first-order chi connectivity index (χ1) is 14.8. The van der Waals surface area contributed by atoms with Gasteiger partial charge in [0.25, 0.3) is 0 Å². The maximum atomic E-state index is 13.4. The van der Waals surface area contributed by atoms with Gasteiger partial charge in [-0.05, 0) is 55.2 Å². The van der Waals surface area contributed by atoms with Crippen molar-refractivity contribution in [1.29, 1.82) is 0 Å². The number of hydrogen-bond donors (Lipinski definition) is 0. The van der Waals surface area contributed by atoms with Crippen molar-refractivity contribution in [3.8, 4) is 11.1 Å². The molecule has 0 bridgehead atoms. The highest BCUT2D eigenvalue weighted by molar-refractivity contribution is 6.34. The van der Waals surface area contributed by atoms with Crippen LogP contribution in [0.25, 0.3) is 54.2 Å². The van der Waals surface area contributed by atoms with E-state index in [-0.39, 0.29) is 5.78 Å². The summed E-state index contributed by atoms with van der Waals surface area (Å²) in [7, 11) is 0. The van der Waals surface area contributed by atoms with E-state index in [2.05, 4.69) is 84.9 Å². The highest BCUT2D eigenvalue weighted by Crippen LogP contribution is 2.48. The molecule has 0 aliphatic heterocycles. The lowest BCUT2D eigenvalue weighted by Gasteiger charge is -2.13. The molecule has 1 aliphatic rings. The Morgan fingerprint density at radius 3 is 1.30 bits per heavy atom. The molecule has 6 aromatic carbocycles. The van der Waals surface area contributed by atoms with Gasteiger partial charge in [-0.3, -0.25) is 4.79 Å². The van der Waals surface area contributed by atoms with E-state index in [9.17, 15) is 4.79 Å². The standard InChI is InChI=1S/C29H16O/c30-29-23-15-13-19-11-9-17-5-1-3-7-21(17)25(19)27(23)28-24(29)16-14-20-12-10-18-6-2-4-8-22(18)26(20)28/h1-16H. The van der Waals surface area contributed by atoms with Gasteiger partial charge in [0.05, 0.1) is 0 Å². The van der Waals surface area contributed by atoms with Gasteiger partial charge in [0.1, 0.15) is 0 Å². The Kier molecular flexibility index (Phi) is 2.94. The van der Waals surface area contributed by atoms with Crippen molar-refractivity contribution in [3.05, 3.63) is 108 Å². The van der Waals surface area contributed by atoms with E-state index in [1.165, 1.54) is 43.1 Å². The van der Waals surface area contributed by atoms with E-state index in [1.807, 2.05) is 12.1 Å². The lowest BCUT2D eigenvalue weighted by atomic mass is 9.89. The van der Waals surface area contributed by atoms with Crippen LogP contribution in [0.3, 0.4) is 0 Å². The fourth-order valence-corrected chi connectivity index (χ4v) is 5.24. The maximum Gasteiger partial charge on any atom is 0.194 e. The van der Waals surface area contributed by atoms with Crippen LogP contribution >= 0.6 is 0 Å². The number of benzene rings is 6.